The first-order valence-electron chi connectivity index (χ1n) is 6.87. The van der Waals surface area contributed by atoms with Gasteiger partial charge in [0.1, 0.15) is 17.1 Å². The highest BCUT2D eigenvalue weighted by molar-refractivity contribution is 5.63. The van der Waals surface area contributed by atoms with Crippen molar-refractivity contribution in [2.75, 3.05) is 5.73 Å². The molecule has 0 amide bonds. The minimum Gasteiger partial charge on any atom is -0.490 e. The molecule has 0 bridgehead atoms. The lowest BCUT2D eigenvalue weighted by molar-refractivity contribution is 0.303. The molecule has 1 aliphatic carbocycles. The van der Waals surface area contributed by atoms with E-state index in [9.17, 15) is 8.78 Å². The molecular weight excluding hydrogens is 290 g/mol. The third-order valence-electron chi connectivity index (χ3n) is 3.51. The topological polar surface area (TPSA) is 65.4 Å². The Morgan fingerprint density at radius 2 is 2.05 bits per heavy atom. The van der Waals surface area contributed by atoms with Gasteiger partial charge in [0.25, 0.3) is 0 Å². The van der Waals surface area contributed by atoms with Crippen LogP contribution in [0.2, 0.25) is 0 Å². The van der Waals surface area contributed by atoms with Gasteiger partial charge in [0.05, 0.1) is 18.0 Å². The number of rotatable bonds is 3. The van der Waals surface area contributed by atoms with E-state index in [4.69, 9.17) is 10.5 Å². The van der Waals surface area contributed by atoms with Gasteiger partial charge in [-0.15, -0.1) is 0 Å². The van der Waals surface area contributed by atoms with E-state index in [-0.39, 0.29) is 17.6 Å². The number of nitrogens with zero attached hydrogens (tertiary/aromatic N) is 3. The molecule has 2 N–H and O–H groups in total. The molecule has 112 valence electrons. The van der Waals surface area contributed by atoms with Crippen LogP contribution < -0.4 is 10.5 Å². The summed E-state index contributed by atoms with van der Waals surface area (Å²) in [5, 5.41) is 0. The Kier molecular flexibility index (Phi) is 2.75. The van der Waals surface area contributed by atoms with Crippen molar-refractivity contribution in [3.05, 3.63) is 42.2 Å². The number of imidazole rings is 1. The number of hydrogen-bond acceptors (Lipinski definition) is 4. The maximum absolute atomic E-state index is 14.0. The Morgan fingerprint density at radius 1 is 1.23 bits per heavy atom. The summed E-state index contributed by atoms with van der Waals surface area (Å²) >= 11 is 0. The van der Waals surface area contributed by atoms with E-state index in [1.807, 2.05) is 0 Å². The second-order valence-corrected chi connectivity index (χ2v) is 5.24. The third kappa shape index (κ3) is 2.14. The van der Waals surface area contributed by atoms with Gasteiger partial charge < -0.3 is 10.5 Å². The monoisotopic (exact) mass is 302 g/mol. The van der Waals surface area contributed by atoms with Crippen molar-refractivity contribution in [1.29, 1.82) is 0 Å². The number of halogens is 2. The summed E-state index contributed by atoms with van der Waals surface area (Å²) in [4.78, 5) is 8.00. The summed E-state index contributed by atoms with van der Waals surface area (Å²) in [5.74, 6) is -1.29. The van der Waals surface area contributed by atoms with E-state index in [1.54, 1.807) is 22.7 Å². The number of hydrogen-bond donors (Lipinski definition) is 1. The normalized spacial score (nSPS) is 14.5. The van der Waals surface area contributed by atoms with Crippen LogP contribution in [-0.2, 0) is 0 Å². The van der Waals surface area contributed by atoms with Crippen LogP contribution in [0.25, 0.3) is 17.0 Å². The maximum Gasteiger partial charge on any atom is 0.168 e. The Labute approximate surface area is 124 Å². The van der Waals surface area contributed by atoms with Crippen LogP contribution >= 0.6 is 0 Å². The zero-order valence-corrected chi connectivity index (χ0v) is 11.5. The number of nitrogen functional groups attached to an aromatic ring is 1. The molecule has 3 aromatic heterocycles. The first-order chi connectivity index (χ1) is 10.6. The Morgan fingerprint density at radius 3 is 2.82 bits per heavy atom. The SMILES string of the molecule is Nc1nc(-c2cnc3cc(OC4CC4)ccn23)c(F)cc1F. The smallest absolute Gasteiger partial charge is 0.168 e. The zero-order valence-electron chi connectivity index (χ0n) is 11.5. The van der Waals surface area contributed by atoms with Gasteiger partial charge in [-0.25, -0.2) is 18.7 Å². The predicted octanol–water partition coefficient (Wildman–Crippen LogP) is 2.80. The van der Waals surface area contributed by atoms with Gasteiger partial charge in [0.15, 0.2) is 17.5 Å². The first kappa shape index (κ1) is 13.0. The predicted molar refractivity (Wildman–Crippen MR) is 76.4 cm³/mol. The van der Waals surface area contributed by atoms with Crippen LogP contribution in [-0.4, -0.2) is 20.5 Å². The lowest BCUT2D eigenvalue weighted by atomic mass is 10.2. The van der Waals surface area contributed by atoms with Gasteiger partial charge in [0, 0.05) is 18.3 Å². The largest absolute Gasteiger partial charge is 0.490 e. The summed E-state index contributed by atoms with van der Waals surface area (Å²) in [7, 11) is 0. The van der Waals surface area contributed by atoms with Crippen LogP contribution in [0.15, 0.2) is 30.6 Å². The van der Waals surface area contributed by atoms with Gasteiger partial charge in [-0.2, -0.15) is 0 Å². The fourth-order valence-electron chi connectivity index (χ4n) is 2.25. The molecule has 0 radical (unpaired) electrons. The Bertz CT molecular complexity index is 873. The molecule has 0 aromatic carbocycles. The number of nitrogens with two attached hydrogens (primary N) is 1. The molecule has 1 fully saturated rings. The molecule has 3 aromatic rings. The van der Waals surface area contributed by atoms with Gasteiger partial charge in [-0.1, -0.05) is 0 Å². The molecule has 7 heteroatoms. The first-order valence-corrected chi connectivity index (χ1v) is 6.87. The maximum atomic E-state index is 14.0. The van der Waals surface area contributed by atoms with Gasteiger partial charge in [-0.3, -0.25) is 4.40 Å². The number of fused-ring (bicyclic) bond motifs is 1. The highest BCUT2D eigenvalue weighted by atomic mass is 19.1. The van der Waals surface area contributed by atoms with E-state index >= 15 is 0 Å². The zero-order chi connectivity index (χ0) is 15.3. The molecular formula is C15H12F2N4O. The van der Waals surface area contributed by atoms with Gasteiger partial charge in [-0.05, 0) is 18.9 Å². The highest BCUT2D eigenvalue weighted by Crippen LogP contribution is 2.29. The van der Waals surface area contributed by atoms with E-state index in [1.165, 1.54) is 6.20 Å². The third-order valence-corrected chi connectivity index (χ3v) is 3.51. The standard InChI is InChI=1S/C15H12F2N4O/c16-10-6-11(17)15(18)20-14(10)12-7-19-13-5-9(3-4-21(12)13)22-8-1-2-8/h3-8H,1-2H2,(H2,18,20). The van der Waals surface area contributed by atoms with E-state index in [0.29, 0.717) is 11.3 Å². The van der Waals surface area contributed by atoms with Crippen molar-refractivity contribution < 1.29 is 13.5 Å². The molecule has 5 nitrogen and oxygen atoms in total. The number of aromatic nitrogens is 3. The second-order valence-electron chi connectivity index (χ2n) is 5.24. The second kappa shape index (κ2) is 4.66. The summed E-state index contributed by atoms with van der Waals surface area (Å²) in [6.45, 7) is 0. The minimum atomic E-state index is -0.879. The van der Waals surface area contributed by atoms with E-state index in [2.05, 4.69) is 9.97 Å². The van der Waals surface area contributed by atoms with Crippen LogP contribution in [0.3, 0.4) is 0 Å². The summed E-state index contributed by atoms with van der Waals surface area (Å²) in [6.07, 6.45) is 5.60. The molecule has 1 saturated carbocycles. The summed E-state index contributed by atoms with van der Waals surface area (Å²) in [6, 6.07) is 4.27. The van der Waals surface area contributed by atoms with Crippen molar-refractivity contribution in [3.63, 3.8) is 0 Å². The van der Waals surface area contributed by atoms with Crippen LogP contribution in [0.5, 0.6) is 5.75 Å². The quantitative estimate of drug-likeness (QED) is 0.808. The van der Waals surface area contributed by atoms with E-state index < -0.39 is 11.6 Å². The average molecular weight is 302 g/mol. The molecule has 22 heavy (non-hydrogen) atoms. The molecule has 0 unspecified atom stereocenters. The molecule has 4 rings (SSSR count). The summed E-state index contributed by atoms with van der Waals surface area (Å²) in [5.41, 5.74) is 6.38. The van der Waals surface area contributed by atoms with Crippen molar-refractivity contribution in [2.45, 2.75) is 18.9 Å². The van der Waals surface area contributed by atoms with E-state index in [0.717, 1.165) is 24.7 Å². The molecule has 3 heterocycles. The lowest BCUT2D eigenvalue weighted by Gasteiger charge is -2.07. The van der Waals surface area contributed by atoms with Crippen molar-refractivity contribution >= 4 is 11.5 Å². The molecule has 0 spiro atoms. The average Bonchev–Trinajstić information content (AvgIpc) is 3.20. The fraction of sp³-hybridized carbons (Fsp3) is 0.200. The number of pyridine rings is 2. The Balaban J connectivity index is 1.80. The van der Waals surface area contributed by atoms with Crippen LogP contribution in [0.1, 0.15) is 12.8 Å². The van der Waals surface area contributed by atoms with Gasteiger partial charge in [0.2, 0.25) is 0 Å². The van der Waals surface area contributed by atoms with Crippen molar-refractivity contribution in [3.8, 4) is 17.1 Å². The molecule has 0 aliphatic heterocycles. The van der Waals surface area contributed by atoms with Crippen LogP contribution in [0, 0.1) is 11.6 Å². The minimum absolute atomic E-state index is 0.0396. The summed E-state index contributed by atoms with van der Waals surface area (Å²) < 4.78 is 34.5. The number of ether oxygens (including phenoxy) is 1. The van der Waals surface area contributed by atoms with Crippen molar-refractivity contribution in [2.24, 2.45) is 0 Å². The van der Waals surface area contributed by atoms with Crippen LogP contribution in [0.4, 0.5) is 14.6 Å². The van der Waals surface area contributed by atoms with Crippen molar-refractivity contribution in [1.82, 2.24) is 14.4 Å². The van der Waals surface area contributed by atoms with Gasteiger partial charge >= 0.3 is 0 Å². The molecule has 0 atom stereocenters. The molecule has 1 aliphatic rings. The molecule has 0 saturated heterocycles. The number of anilines is 1. The Hall–Kier alpha value is -2.70. The fourth-order valence-corrected chi connectivity index (χ4v) is 2.25. The highest BCUT2D eigenvalue weighted by Gasteiger charge is 2.24. The lowest BCUT2D eigenvalue weighted by Crippen LogP contribution is -2.01.